The maximum Gasteiger partial charge on any atom is 0.243 e. The number of rotatable bonds is 5. The Morgan fingerprint density at radius 1 is 1.40 bits per heavy atom. The van der Waals surface area contributed by atoms with Crippen LogP contribution in [0.25, 0.3) is 11.4 Å². The van der Waals surface area contributed by atoms with Gasteiger partial charge in [-0.05, 0) is 18.6 Å². The molecule has 1 heterocycles. The van der Waals surface area contributed by atoms with E-state index >= 15 is 0 Å². The second-order valence-electron chi connectivity index (χ2n) is 4.46. The van der Waals surface area contributed by atoms with Gasteiger partial charge < -0.3 is 10.3 Å². The minimum absolute atomic E-state index is 0.0298. The quantitative estimate of drug-likeness (QED) is 0.903. The fourth-order valence-electron chi connectivity index (χ4n) is 1.60. The molecule has 0 spiro atoms. The van der Waals surface area contributed by atoms with E-state index in [1.807, 2.05) is 0 Å². The summed E-state index contributed by atoms with van der Waals surface area (Å²) in [5, 5.41) is 4.32. The minimum atomic E-state index is -3.07. The van der Waals surface area contributed by atoms with Crippen molar-refractivity contribution < 1.29 is 12.9 Å². The monoisotopic (exact) mass is 315 g/mol. The van der Waals surface area contributed by atoms with Crippen LogP contribution in [0.5, 0.6) is 0 Å². The van der Waals surface area contributed by atoms with Gasteiger partial charge in [0.15, 0.2) is 0 Å². The van der Waals surface area contributed by atoms with Crippen molar-refractivity contribution in [2.45, 2.75) is 12.5 Å². The second-order valence-corrected chi connectivity index (χ2v) is 7.13. The van der Waals surface area contributed by atoms with Crippen LogP contribution in [0.15, 0.2) is 28.8 Å². The molecule has 0 bridgehead atoms. The van der Waals surface area contributed by atoms with E-state index in [2.05, 4.69) is 10.1 Å². The molecule has 1 unspecified atom stereocenters. The molecule has 8 heteroatoms. The van der Waals surface area contributed by atoms with Crippen LogP contribution in [0, 0.1) is 0 Å². The lowest BCUT2D eigenvalue weighted by atomic mass is 10.2. The van der Waals surface area contributed by atoms with Gasteiger partial charge >= 0.3 is 0 Å². The number of nitrogens with zero attached hydrogens (tertiary/aromatic N) is 2. The Bertz CT molecular complexity index is 699. The number of nitrogens with two attached hydrogens (primary N) is 1. The zero-order valence-corrected chi connectivity index (χ0v) is 12.4. The summed E-state index contributed by atoms with van der Waals surface area (Å²) < 4.78 is 27.3. The summed E-state index contributed by atoms with van der Waals surface area (Å²) in [6, 6.07) is 6.47. The molecular formula is C12H14ClN3O3S. The van der Waals surface area contributed by atoms with E-state index in [1.54, 1.807) is 24.3 Å². The van der Waals surface area contributed by atoms with Gasteiger partial charge in [-0.15, -0.1) is 0 Å². The maximum absolute atomic E-state index is 11.1. The molecule has 0 aliphatic carbocycles. The molecule has 1 aromatic heterocycles. The van der Waals surface area contributed by atoms with Crippen molar-refractivity contribution in [1.29, 1.82) is 0 Å². The minimum Gasteiger partial charge on any atom is -0.337 e. The van der Waals surface area contributed by atoms with Crippen LogP contribution in [0.2, 0.25) is 5.02 Å². The molecule has 0 radical (unpaired) electrons. The molecule has 0 saturated carbocycles. The van der Waals surface area contributed by atoms with Crippen LogP contribution in [-0.2, 0) is 9.84 Å². The number of benzene rings is 1. The maximum atomic E-state index is 11.1. The van der Waals surface area contributed by atoms with Crippen molar-refractivity contribution in [3.63, 3.8) is 0 Å². The highest BCUT2D eigenvalue weighted by molar-refractivity contribution is 7.90. The van der Waals surface area contributed by atoms with E-state index in [9.17, 15) is 8.42 Å². The van der Waals surface area contributed by atoms with Crippen LogP contribution in [-0.4, -0.2) is 30.6 Å². The lowest BCUT2D eigenvalue weighted by Crippen LogP contribution is -2.16. The van der Waals surface area contributed by atoms with Gasteiger partial charge in [0.05, 0.1) is 16.8 Å². The van der Waals surface area contributed by atoms with Crippen LogP contribution in [0.3, 0.4) is 0 Å². The Hall–Kier alpha value is -1.44. The largest absolute Gasteiger partial charge is 0.337 e. The molecular weight excluding hydrogens is 302 g/mol. The Balaban J connectivity index is 2.15. The van der Waals surface area contributed by atoms with Crippen molar-refractivity contribution in [2.24, 2.45) is 5.73 Å². The highest BCUT2D eigenvalue weighted by Gasteiger charge is 2.18. The summed E-state index contributed by atoms with van der Waals surface area (Å²) in [6.07, 6.45) is 1.38. The number of halogens is 1. The van der Waals surface area contributed by atoms with Crippen molar-refractivity contribution in [3.05, 3.63) is 35.2 Å². The molecule has 0 fully saturated rings. The first-order valence-corrected chi connectivity index (χ1v) is 8.32. The molecule has 20 heavy (non-hydrogen) atoms. The zero-order valence-electron chi connectivity index (χ0n) is 10.8. The first-order chi connectivity index (χ1) is 9.37. The lowest BCUT2D eigenvalue weighted by molar-refractivity contribution is 0.352. The molecule has 0 aliphatic rings. The highest BCUT2D eigenvalue weighted by Crippen LogP contribution is 2.26. The van der Waals surface area contributed by atoms with Gasteiger partial charge in [0, 0.05) is 11.8 Å². The third-order valence-electron chi connectivity index (χ3n) is 2.67. The van der Waals surface area contributed by atoms with Crippen molar-refractivity contribution in [2.75, 3.05) is 12.0 Å². The van der Waals surface area contributed by atoms with Crippen molar-refractivity contribution >= 4 is 21.4 Å². The predicted molar refractivity (Wildman–Crippen MR) is 76.0 cm³/mol. The van der Waals surface area contributed by atoms with E-state index in [1.165, 1.54) is 0 Å². The first-order valence-electron chi connectivity index (χ1n) is 5.88. The Kier molecular flexibility index (Phi) is 4.42. The van der Waals surface area contributed by atoms with E-state index in [4.69, 9.17) is 21.9 Å². The fourth-order valence-corrected chi connectivity index (χ4v) is 2.50. The molecule has 0 amide bonds. The zero-order chi connectivity index (χ0) is 14.8. The molecule has 2 rings (SSSR count). The Morgan fingerprint density at radius 2 is 2.10 bits per heavy atom. The molecule has 1 aromatic carbocycles. The van der Waals surface area contributed by atoms with Crippen LogP contribution < -0.4 is 5.73 Å². The van der Waals surface area contributed by atoms with E-state index in [0.29, 0.717) is 16.4 Å². The number of sulfone groups is 1. The molecule has 1 atom stereocenters. The summed E-state index contributed by atoms with van der Waals surface area (Å²) in [6.45, 7) is 0. The normalized spacial score (nSPS) is 13.3. The van der Waals surface area contributed by atoms with Gasteiger partial charge in [-0.1, -0.05) is 28.9 Å². The number of hydrogen-bond donors (Lipinski definition) is 1. The van der Waals surface area contributed by atoms with E-state index in [-0.39, 0.29) is 18.1 Å². The number of aromatic nitrogens is 2. The highest BCUT2D eigenvalue weighted by atomic mass is 35.5. The van der Waals surface area contributed by atoms with Crippen LogP contribution >= 0.6 is 11.6 Å². The second kappa shape index (κ2) is 5.90. The Morgan fingerprint density at radius 3 is 2.75 bits per heavy atom. The van der Waals surface area contributed by atoms with Gasteiger partial charge in [0.1, 0.15) is 9.84 Å². The van der Waals surface area contributed by atoms with Crippen molar-refractivity contribution in [3.8, 4) is 11.4 Å². The van der Waals surface area contributed by atoms with Gasteiger partial charge in [-0.2, -0.15) is 4.98 Å². The first kappa shape index (κ1) is 15.0. The van der Waals surface area contributed by atoms with Crippen LogP contribution in [0.4, 0.5) is 0 Å². The van der Waals surface area contributed by atoms with Crippen molar-refractivity contribution in [1.82, 2.24) is 10.1 Å². The van der Waals surface area contributed by atoms with E-state index in [0.717, 1.165) is 6.26 Å². The summed E-state index contributed by atoms with van der Waals surface area (Å²) in [7, 11) is -3.07. The average Bonchev–Trinajstić information content (AvgIpc) is 2.85. The molecule has 0 aliphatic heterocycles. The number of hydrogen-bond acceptors (Lipinski definition) is 6. The molecule has 6 nitrogen and oxygen atoms in total. The topological polar surface area (TPSA) is 99.1 Å². The molecule has 108 valence electrons. The molecule has 2 aromatic rings. The van der Waals surface area contributed by atoms with Gasteiger partial charge in [0.2, 0.25) is 11.7 Å². The summed E-state index contributed by atoms with van der Waals surface area (Å²) in [4.78, 5) is 4.16. The summed E-state index contributed by atoms with van der Waals surface area (Å²) in [5.74, 6) is 0.502. The molecule has 0 saturated heterocycles. The smallest absolute Gasteiger partial charge is 0.243 e. The Labute approximate surface area is 121 Å². The van der Waals surface area contributed by atoms with Gasteiger partial charge in [0.25, 0.3) is 0 Å². The van der Waals surface area contributed by atoms with Gasteiger partial charge in [-0.25, -0.2) is 8.42 Å². The third-order valence-corrected chi connectivity index (χ3v) is 3.98. The SMILES string of the molecule is CS(=O)(=O)CCC(N)c1nc(-c2ccccc2Cl)no1. The summed E-state index contributed by atoms with van der Waals surface area (Å²) in [5.41, 5.74) is 6.48. The third kappa shape index (κ3) is 3.78. The van der Waals surface area contributed by atoms with Gasteiger partial charge in [-0.3, -0.25) is 0 Å². The van der Waals surface area contributed by atoms with Crippen LogP contribution in [0.1, 0.15) is 18.4 Å². The average molecular weight is 316 g/mol. The molecule has 2 N–H and O–H groups in total. The lowest BCUT2D eigenvalue weighted by Gasteiger charge is -2.04. The van der Waals surface area contributed by atoms with E-state index < -0.39 is 15.9 Å². The predicted octanol–water partition coefficient (Wildman–Crippen LogP) is 1.82. The standard InChI is InChI=1S/C12H14ClN3O3S/c1-20(17,18)7-6-10(14)12-15-11(16-19-12)8-4-2-3-5-9(8)13/h2-5,10H,6-7,14H2,1H3. The summed E-state index contributed by atoms with van der Waals surface area (Å²) >= 11 is 6.04. The fraction of sp³-hybridized carbons (Fsp3) is 0.333.